The van der Waals surface area contributed by atoms with Crippen LogP contribution in [0.5, 0.6) is 11.5 Å². The molecule has 36 heavy (non-hydrogen) atoms. The molecule has 1 saturated carbocycles. The normalized spacial score (nSPS) is 24.5. The monoisotopic (exact) mass is 492 g/mol. The maximum absolute atomic E-state index is 13.2. The fourth-order valence-corrected chi connectivity index (χ4v) is 5.54. The Morgan fingerprint density at radius 1 is 0.944 bits per heavy atom. The van der Waals surface area contributed by atoms with E-state index in [9.17, 15) is 4.79 Å². The van der Waals surface area contributed by atoms with Gasteiger partial charge in [0.1, 0.15) is 17.6 Å². The number of Topliss-reactive ketones (excluding diaryl/α,β-unsaturated/α-hetero) is 1. The van der Waals surface area contributed by atoms with Crippen molar-refractivity contribution in [2.24, 2.45) is 5.92 Å². The van der Waals surface area contributed by atoms with Crippen LogP contribution in [0, 0.1) is 5.92 Å². The Bertz CT molecular complexity index is 1060. The van der Waals surface area contributed by atoms with Crippen molar-refractivity contribution < 1.29 is 23.7 Å². The molecule has 3 aliphatic rings. The Kier molecular flexibility index (Phi) is 7.78. The van der Waals surface area contributed by atoms with Crippen molar-refractivity contribution in [2.45, 2.75) is 31.5 Å². The Morgan fingerprint density at radius 2 is 1.72 bits per heavy atom. The lowest BCUT2D eigenvalue weighted by Crippen LogP contribution is -2.48. The molecule has 0 aromatic heterocycles. The van der Waals surface area contributed by atoms with Crippen molar-refractivity contribution >= 4 is 17.0 Å². The van der Waals surface area contributed by atoms with E-state index in [2.05, 4.69) is 21.9 Å². The van der Waals surface area contributed by atoms with Crippen LogP contribution in [0.4, 0.5) is 5.69 Å². The molecule has 7 nitrogen and oxygen atoms in total. The molecule has 0 amide bonds. The number of rotatable bonds is 8. The molecule has 192 valence electrons. The Labute approximate surface area is 213 Å². The first kappa shape index (κ1) is 24.7. The summed E-state index contributed by atoms with van der Waals surface area (Å²) in [6, 6.07) is 15.8. The number of methoxy groups -OCH3 is 2. The van der Waals surface area contributed by atoms with Crippen LogP contribution in [0.15, 0.2) is 54.8 Å². The molecule has 2 aromatic carbocycles. The fourth-order valence-electron chi connectivity index (χ4n) is 5.54. The quantitative estimate of drug-likeness (QED) is 0.552. The smallest absolute Gasteiger partial charge is 0.173 e. The third kappa shape index (κ3) is 5.37. The lowest BCUT2D eigenvalue weighted by atomic mass is 9.78. The zero-order chi connectivity index (χ0) is 24.9. The SMILES string of the molecule is COc1ccc(C2=COC3CC(OCCN4CCN(c5ccccc5OC)CC4)CCC3C2=O)cc1. The molecule has 2 heterocycles. The summed E-state index contributed by atoms with van der Waals surface area (Å²) in [7, 11) is 3.36. The largest absolute Gasteiger partial charge is 0.497 e. The molecule has 0 radical (unpaired) electrons. The van der Waals surface area contributed by atoms with Gasteiger partial charge in [0.15, 0.2) is 5.78 Å². The lowest BCUT2D eigenvalue weighted by Gasteiger charge is -2.38. The number of piperazine rings is 1. The van der Waals surface area contributed by atoms with Crippen LogP contribution >= 0.6 is 0 Å². The maximum atomic E-state index is 13.2. The second-order valence-electron chi connectivity index (χ2n) is 9.71. The molecule has 5 rings (SSSR count). The van der Waals surface area contributed by atoms with Gasteiger partial charge in [-0.25, -0.2) is 0 Å². The Hall–Kier alpha value is -3.03. The molecule has 2 aliphatic heterocycles. The van der Waals surface area contributed by atoms with E-state index < -0.39 is 0 Å². The fraction of sp³-hybridized carbons (Fsp3) is 0.483. The number of carbonyl (C=O) groups is 1. The topological polar surface area (TPSA) is 60.5 Å². The Morgan fingerprint density at radius 3 is 2.47 bits per heavy atom. The maximum Gasteiger partial charge on any atom is 0.173 e. The summed E-state index contributed by atoms with van der Waals surface area (Å²) in [6.07, 6.45) is 4.17. The van der Waals surface area contributed by atoms with Crippen LogP contribution in [0.3, 0.4) is 0 Å². The van der Waals surface area contributed by atoms with Crippen molar-refractivity contribution in [3.63, 3.8) is 0 Å². The van der Waals surface area contributed by atoms with Gasteiger partial charge in [0.2, 0.25) is 0 Å². The van der Waals surface area contributed by atoms with E-state index >= 15 is 0 Å². The van der Waals surface area contributed by atoms with Crippen LogP contribution in [-0.4, -0.2) is 76.4 Å². The molecule has 1 saturated heterocycles. The van der Waals surface area contributed by atoms with Crippen molar-refractivity contribution in [1.29, 1.82) is 0 Å². The molecule has 0 spiro atoms. The van der Waals surface area contributed by atoms with Crippen molar-refractivity contribution in [2.75, 3.05) is 58.5 Å². The predicted molar refractivity (Wildman–Crippen MR) is 140 cm³/mol. The number of hydrogen-bond acceptors (Lipinski definition) is 7. The Balaban J connectivity index is 1.07. The van der Waals surface area contributed by atoms with Gasteiger partial charge in [-0.1, -0.05) is 24.3 Å². The summed E-state index contributed by atoms with van der Waals surface area (Å²) in [5.41, 5.74) is 2.70. The average molecular weight is 493 g/mol. The molecule has 1 aliphatic carbocycles. The van der Waals surface area contributed by atoms with Gasteiger partial charge < -0.3 is 23.8 Å². The van der Waals surface area contributed by atoms with Gasteiger partial charge in [-0.2, -0.15) is 0 Å². The number of carbonyl (C=O) groups excluding carboxylic acids is 1. The molecule has 0 N–H and O–H groups in total. The lowest BCUT2D eigenvalue weighted by molar-refractivity contribution is -0.128. The summed E-state index contributed by atoms with van der Waals surface area (Å²) < 4.78 is 23.1. The molecule has 2 aromatic rings. The number of fused-ring (bicyclic) bond motifs is 1. The average Bonchev–Trinajstić information content (AvgIpc) is 2.94. The van der Waals surface area contributed by atoms with Crippen LogP contribution < -0.4 is 14.4 Å². The van der Waals surface area contributed by atoms with Gasteiger partial charge in [0.05, 0.1) is 50.4 Å². The minimum Gasteiger partial charge on any atom is -0.497 e. The highest BCUT2D eigenvalue weighted by Crippen LogP contribution is 2.37. The van der Waals surface area contributed by atoms with Gasteiger partial charge in [-0.05, 0) is 42.7 Å². The number of ether oxygens (including phenoxy) is 4. The van der Waals surface area contributed by atoms with Gasteiger partial charge >= 0.3 is 0 Å². The molecule has 2 fully saturated rings. The number of nitrogens with zero attached hydrogens (tertiary/aromatic N) is 2. The van der Waals surface area contributed by atoms with Crippen LogP contribution in [0.2, 0.25) is 0 Å². The molecular weight excluding hydrogens is 456 g/mol. The van der Waals surface area contributed by atoms with Gasteiger partial charge in [-0.15, -0.1) is 0 Å². The highest BCUT2D eigenvalue weighted by atomic mass is 16.5. The van der Waals surface area contributed by atoms with Gasteiger partial charge in [0.25, 0.3) is 0 Å². The highest BCUT2D eigenvalue weighted by molar-refractivity contribution is 6.22. The van der Waals surface area contributed by atoms with E-state index in [1.54, 1.807) is 20.5 Å². The van der Waals surface area contributed by atoms with Gasteiger partial charge in [0, 0.05) is 39.1 Å². The summed E-state index contributed by atoms with van der Waals surface area (Å²) in [4.78, 5) is 18.0. The first-order chi connectivity index (χ1) is 17.7. The van der Waals surface area contributed by atoms with E-state index in [1.165, 1.54) is 5.69 Å². The summed E-state index contributed by atoms with van der Waals surface area (Å²) in [5, 5.41) is 0. The van der Waals surface area contributed by atoms with Crippen LogP contribution in [0.25, 0.3) is 5.57 Å². The standard InChI is InChI=1S/C29H36N2O5/c1-33-22-9-7-21(8-10-22)25-20-36-28-19-23(11-12-24(28)29(25)32)35-18-17-30-13-15-31(16-14-30)26-5-3-4-6-27(26)34-2/h3-10,20,23-24,28H,11-19H2,1-2H3. The number of benzene rings is 2. The number of hydrogen-bond donors (Lipinski definition) is 0. The van der Waals surface area contributed by atoms with Crippen LogP contribution in [0.1, 0.15) is 24.8 Å². The van der Waals surface area contributed by atoms with E-state index in [0.29, 0.717) is 12.2 Å². The van der Waals surface area contributed by atoms with Crippen molar-refractivity contribution in [1.82, 2.24) is 4.90 Å². The van der Waals surface area contributed by atoms with E-state index in [-0.39, 0.29) is 23.9 Å². The van der Waals surface area contributed by atoms with Gasteiger partial charge in [-0.3, -0.25) is 9.69 Å². The zero-order valence-electron chi connectivity index (χ0n) is 21.2. The second-order valence-corrected chi connectivity index (χ2v) is 9.71. The zero-order valence-corrected chi connectivity index (χ0v) is 21.2. The summed E-state index contributed by atoms with van der Waals surface area (Å²) >= 11 is 0. The van der Waals surface area contributed by atoms with Crippen molar-refractivity contribution in [3.8, 4) is 11.5 Å². The number of para-hydroxylation sites is 2. The van der Waals surface area contributed by atoms with E-state index in [4.69, 9.17) is 18.9 Å². The third-order valence-corrected chi connectivity index (χ3v) is 7.67. The minimum atomic E-state index is -0.0948. The molecular formula is C29H36N2O5. The van der Waals surface area contributed by atoms with Crippen LogP contribution in [-0.2, 0) is 14.3 Å². The highest BCUT2D eigenvalue weighted by Gasteiger charge is 2.40. The van der Waals surface area contributed by atoms with E-state index in [0.717, 1.165) is 69.0 Å². The molecule has 3 unspecified atom stereocenters. The third-order valence-electron chi connectivity index (χ3n) is 7.67. The molecule has 0 bridgehead atoms. The first-order valence-corrected chi connectivity index (χ1v) is 12.9. The molecule has 3 atom stereocenters. The number of anilines is 1. The second kappa shape index (κ2) is 11.4. The predicted octanol–water partition coefficient (Wildman–Crippen LogP) is 4.02. The number of allylic oxidation sites excluding steroid dienone is 1. The summed E-state index contributed by atoms with van der Waals surface area (Å²) in [6.45, 7) is 5.60. The molecule has 7 heteroatoms. The van der Waals surface area contributed by atoms with Crippen molar-refractivity contribution in [3.05, 3.63) is 60.4 Å². The number of ketones is 1. The minimum absolute atomic E-state index is 0.0880. The van der Waals surface area contributed by atoms with E-state index in [1.807, 2.05) is 36.4 Å². The summed E-state index contributed by atoms with van der Waals surface area (Å²) in [5.74, 6) is 1.80. The first-order valence-electron chi connectivity index (χ1n) is 12.9.